The molecule has 0 aromatic heterocycles. The van der Waals surface area contributed by atoms with E-state index in [1.165, 1.54) is 0 Å². The number of rotatable bonds is 5. The molecule has 20 heavy (non-hydrogen) atoms. The summed E-state index contributed by atoms with van der Waals surface area (Å²) in [5, 5.41) is 14.3. The molecule has 1 rings (SSSR count). The Hall–Kier alpha value is -1.79. The molecule has 3 unspecified atom stereocenters. The smallest absolute Gasteiger partial charge is 0.312 e. The predicted molar refractivity (Wildman–Crippen MR) is 72.9 cm³/mol. The van der Waals surface area contributed by atoms with E-state index in [0.717, 1.165) is 12.8 Å². The molecule has 114 valence electrons. The Kier molecular flexibility index (Phi) is 5.79. The van der Waals surface area contributed by atoms with Crippen molar-refractivity contribution in [2.24, 2.45) is 17.6 Å². The summed E-state index contributed by atoms with van der Waals surface area (Å²) in [6, 6.07) is -1.90. The van der Waals surface area contributed by atoms with Crippen molar-refractivity contribution in [3.8, 4) is 0 Å². The molecule has 5 N–H and O–H groups in total. The fraction of sp³-hybridized carbons (Fsp3) is 0.769. The van der Waals surface area contributed by atoms with Gasteiger partial charge in [-0.3, -0.25) is 9.59 Å². The average molecular weight is 285 g/mol. The van der Waals surface area contributed by atoms with Crippen LogP contribution in [0.3, 0.4) is 0 Å². The second kappa shape index (κ2) is 7.12. The molecule has 0 saturated heterocycles. The Morgan fingerprint density at radius 3 is 2.30 bits per heavy atom. The van der Waals surface area contributed by atoms with E-state index in [2.05, 4.69) is 10.6 Å². The third-order valence-corrected chi connectivity index (χ3v) is 3.66. The number of nitrogens with two attached hydrogens (primary N) is 1. The second-order valence-corrected chi connectivity index (χ2v) is 5.57. The lowest BCUT2D eigenvalue weighted by Gasteiger charge is -2.31. The normalized spacial score (nSPS) is 23.9. The molecule has 1 aliphatic rings. The lowest BCUT2D eigenvalue weighted by atomic mass is 9.84. The number of urea groups is 1. The fourth-order valence-corrected chi connectivity index (χ4v) is 2.56. The third-order valence-electron chi connectivity index (χ3n) is 3.66. The van der Waals surface area contributed by atoms with E-state index in [0.29, 0.717) is 12.8 Å². The summed E-state index contributed by atoms with van der Waals surface area (Å²) in [5.41, 5.74) is 5.05. The van der Waals surface area contributed by atoms with E-state index in [-0.39, 0.29) is 17.9 Å². The van der Waals surface area contributed by atoms with Crippen molar-refractivity contribution >= 4 is 17.9 Å². The highest BCUT2D eigenvalue weighted by molar-refractivity contribution is 5.87. The minimum Gasteiger partial charge on any atom is -0.481 e. The molecular formula is C13H23N3O4. The van der Waals surface area contributed by atoms with Crippen molar-refractivity contribution in [3.63, 3.8) is 0 Å². The van der Waals surface area contributed by atoms with Crippen LogP contribution in [0.5, 0.6) is 0 Å². The molecule has 1 aliphatic carbocycles. The van der Waals surface area contributed by atoms with Crippen molar-refractivity contribution in [2.75, 3.05) is 0 Å². The number of hydrogen-bond donors (Lipinski definition) is 4. The molecule has 3 amide bonds. The second-order valence-electron chi connectivity index (χ2n) is 5.57. The van der Waals surface area contributed by atoms with Crippen LogP contribution >= 0.6 is 0 Å². The number of carboxylic acids is 1. The van der Waals surface area contributed by atoms with Gasteiger partial charge in [0.25, 0.3) is 0 Å². The monoisotopic (exact) mass is 285 g/mol. The van der Waals surface area contributed by atoms with Crippen molar-refractivity contribution in [1.82, 2.24) is 10.6 Å². The molecule has 0 bridgehead atoms. The van der Waals surface area contributed by atoms with Crippen LogP contribution in [0.4, 0.5) is 4.79 Å². The van der Waals surface area contributed by atoms with Crippen LogP contribution < -0.4 is 16.4 Å². The van der Waals surface area contributed by atoms with Gasteiger partial charge in [0.1, 0.15) is 6.04 Å². The quantitative estimate of drug-likeness (QED) is 0.585. The van der Waals surface area contributed by atoms with Crippen LogP contribution in [0.15, 0.2) is 0 Å². The summed E-state index contributed by atoms with van der Waals surface area (Å²) in [6.07, 6.45) is 2.96. The zero-order valence-corrected chi connectivity index (χ0v) is 11.9. The number of carbonyl (C=O) groups is 3. The van der Waals surface area contributed by atoms with Crippen LogP contribution in [0.25, 0.3) is 0 Å². The number of primary amides is 1. The van der Waals surface area contributed by atoms with E-state index < -0.39 is 24.0 Å². The highest BCUT2D eigenvalue weighted by Gasteiger charge is 2.34. The van der Waals surface area contributed by atoms with Gasteiger partial charge in [0.2, 0.25) is 5.91 Å². The van der Waals surface area contributed by atoms with E-state index in [1.807, 2.05) is 0 Å². The lowest BCUT2D eigenvalue weighted by molar-refractivity contribution is -0.144. The molecule has 1 fully saturated rings. The summed E-state index contributed by atoms with van der Waals surface area (Å²) >= 11 is 0. The molecule has 0 aliphatic heterocycles. The number of hydrogen-bond acceptors (Lipinski definition) is 3. The molecule has 0 aromatic carbocycles. The molecule has 0 spiro atoms. The molecule has 7 heteroatoms. The first-order valence-electron chi connectivity index (χ1n) is 6.92. The molecule has 3 atom stereocenters. The minimum atomic E-state index is -0.890. The Labute approximate surface area is 118 Å². The molecule has 0 radical (unpaired) electrons. The maximum absolute atomic E-state index is 12.2. The first-order chi connectivity index (χ1) is 9.32. The SMILES string of the molecule is CC(C)C(NC(N)=O)C(=O)NC1CCCCC1C(=O)O. The average Bonchev–Trinajstić information content (AvgIpc) is 2.35. The van der Waals surface area contributed by atoms with Crippen molar-refractivity contribution < 1.29 is 19.5 Å². The largest absolute Gasteiger partial charge is 0.481 e. The maximum Gasteiger partial charge on any atom is 0.312 e. The first-order valence-corrected chi connectivity index (χ1v) is 6.92. The predicted octanol–water partition coefficient (Wildman–Crippen LogP) is 0.439. The topological polar surface area (TPSA) is 122 Å². The van der Waals surface area contributed by atoms with Gasteiger partial charge in [-0.05, 0) is 18.8 Å². The zero-order valence-electron chi connectivity index (χ0n) is 11.9. The number of nitrogens with one attached hydrogen (secondary N) is 2. The van der Waals surface area contributed by atoms with E-state index in [4.69, 9.17) is 5.73 Å². The van der Waals surface area contributed by atoms with Crippen molar-refractivity contribution in [3.05, 3.63) is 0 Å². The van der Waals surface area contributed by atoms with Crippen LogP contribution in [0, 0.1) is 11.8 Å². The number of carbonyl (C=O) groups excluding carboxylic acids is 2. The summed E-state index contributed by atoms with van der Waals surface area (Å²) < 4.78 is 0. The molecule has 0 heterocycles. The Bertz CT molecular complexity index is 384. The Morgan fingerprint density at radius 2 is 1.80 bits per heavy atom. The molecule has 7 nitrogen and oxygen atoms in total. The first kappa shape index (κ1) is 16.3. The van der Waals surface area contributed by atoms with E-state index >= 15 is 0 Å². The van der Waals surface area contributed by atoms with E-state index in [1.54, 1.807) is 13.8 Å². The van der Waals surface area contributed by atoms with Gasteiger partial charge in [-0.25, -0.2) is 4.79 Å². The summed E-state index contributed by atoms with van der Waals surface area (Å²) in [6.45, 7) is 3.57. The summed E-state index contributed by atoms with van der Waals surface area (Å²) in [5.74, 6) is -1.96. The van der Waals surface area contributed by atoms with Gasteiger partial charge in [0.05, 0.1) is 5.92 Å². The van der Waals surface area contributed by atoms with Gasteiger partial charge in [-0.1, -0.05) is 26.7 Å². The van der Waals surface area contributed by atoms with Gasteiger partial charge in [0, 0.05) is 6.04 Å². The van der Waals surface area contributed by atoms with Gasteiger partial charge in [-0.15, -0.1) is 0 Å². The van der Waals surface area contributed by atoms with Gasteiger partial charge in [0.15, 0.2) is 0 Å². The van der Waals surface area contributed by atoms with Crippen LogP contribution in [0.1, 0.15) is 39.5 Å². The molecule has 1 saturated carbocycles. The highest BCUT2D eigenvalue weighted by Crippen LogP contribution is 2.24. The van der Waals surface area contributed by atoms with Crippen LogP contribution in [0.2, 0.25) is 0 Å². The van der Waals surface area contributed by atoms with Crippen LogP contribution in [-0.4, -0.2) is 35.1 Å². The number of amides is 3. The van der Waals surface area contributed by atoms with Crippen molar-refractivity contribution in [2.45, 2.75) is 51.6 Å². The van der Waals surface area contributed by atoms with Gasteiger partial charge in [-0.2, -0.15) is 0 Å². The lowest BCUT2D eigenvalue weighted by Crippen LogP contribution is -2.55. The Balaban J connectivity index is 2.70. The number of carboxylic acid groups (broad SMARTS) is 1. The standard InChI is InChI=1S/C13H23N3O4/c1-7(2)10(16-13(14)20)11(17)15-9-6-4-3-5-8(9)12(18)19/h7-10H,3-6H2,1-2H3,(H,15,17)(H,18,19)(H3,14,16,20). The maximum atomic E-state index is 12.2. The molecule has 0 aromatic rings. The highest BCUT2D eigenvalue weighted by atomic mass is 16.4. The third kappa shape index (κ3) is 4.40. The number of aliphatic carboxylic acids is 1. The zero-order chi connectivity index (χ0) is 15.3. The van der Waals surface area contributed by atoms with E-state index in [9.17, 15) is 19.5 Å². The minimum absolute atomic E-state index is 0.130. The van der Waals surface area contributed by atoms with Crippen molar-refractivity contribution in [1.29, 1.82) is 0 Å². The summed E-state index contributed by atoms with van der Waals surface area (Å²) in [7, 11) is 0. The Morgan fingerprint density at radius 1 is 1.20 bits per heavy atom. The van der Waals surface area contributed by atoms with Gasteiger partial charge < -0.3 is 21.5 Å². The van der Waals surface area contributed by atoms with Crippen LogP contribution in [-0.2, 0) is 9.59 Å². The summed E-state index contributed by atoms with van der Waals surface area (Å²) in [4.78, 5) is 34.3. The van der Waals surface area contributed by atoms with Gasteiger partial charge >= 0.3 is 12.0 Å². The fourth-order valence-electron chi connectivity index (χ4n) is 2.56. The molecular weight excluding hydrogens is 262 g/mol.